The molecular formula is C23H25N3O. The number of hydrogen-bond donors (Lipinski definition) is 0. The van der Waals surface area contributed by atoms with Gasteiger partial charge in [0.15, 0.2) is 0 Å². The Bertz CT molecular complexity index is 985. The van der Waals surface area contributed by atoms with Crippen molar-refractivity contribution < 1.29 is 4.79 Å². The Hall–Kier alpha value is -2.46. The first-order chi connectivity index (χ1) is 13.3. The molecule has 3 aromatic rings. The van der Waals surface area contributed by atoms with Gasteiger partial charge in [-0.05, 0) is 35.7 Å². The Morgan fingerprint density at radius 1 is 0.926 bits per heavy atom. The number of pyridine rings is 1. The Labute approximate surface area is 159 Å². The number of nitrogens with zero attached hydrogens (tertiary/aromatic N) is 3. The number of rotatable bonds is 2. The molecule has 0 unspecified atom stereocenters. The molecule has 1 saturated heterocycles. The quantitative estimate of drug-likeness (QED) is 0.647. The predicted octanol–water partition coefficient (Wildman–Crippen LogP) is 4.09. The van der Waals surface area contributed by atoms with Crippen molar-refractivity contribution in [2.24, 2.45) is 0 Å². The average molecular weight is 359 g/mol. The molecule has 1 amide bonds. The van der Waals surface area contributed by atoms with Gasteiger partial charge >= 0.3 is 0 Å². The topological polar surface area (TPSA) is 36.4 Å². The summed E-state index contributed by atoms with van der Waals surface area (Å²) in [5, 5.41) is 3.32. The molecule has 1 aliphatic carbocycles. The van der Waals surface area contributed by atoms with Crippen LogP contribution in [0.2, 0.25) is 0 Å². The molecule has 2 aromatic carbocycles. The van der Waals surface area contributed by atoms with E-state index in [4.69, 9.17) is 0 Å². The fourth-order valence-electron chi connectivity index (χ4n) is 4.82. The van der Waals surface area contributed by atoms with Crippen LogP contribution in [0.5, 0.6) is 0 Å². The maximum absolute atomic E-state index is 13.4. The third kappa shape index (κ3) is 2.98. The van der Waals surface area contributed by atoms with Crippen LogP contribution < -0.4 is 0 Å². The first kappa shape index (κ1) is 16.7. The highest BCUT2D eigenvalue weighted by atomic mass is 16.2. The van der Waals surface area contributed by atoms with Gasteiger partial charge in [-0.3, -0.25) is 14.7 Å². The van der Waals surface area contributed by atoms with Crippen LogP contribution in [0, 0.1) is 0 Å². The minimum absolute atomic E-state index is 0.121. The molecule has 4 nitrogen and oxygen atoms in total. The molecule has 1 aromatic heterocycles. The van der Waals surface area contributed by atoms with E-state index in [9.17, 15) is 4.79 Å². The molecule has 4 heteroatoms. The van der Waals surface area contributed by atoms with E-state index >= 15 is 0 Å². The summed E-state index contributed by atoms with van der Waals surface area (Å²) in [6.45, 7) is 3.62. The van der Waals surface area contributed by atoms with E-state index < -0.39 is 0 Å². The highest BCUT2D eigenvalue weighted by molar-refractivity contribution is 6.15. The second-order valence-corrected chi connectivity index (χ2v) is 7.81. The third-order valence-electron chi connectivity index (χ3n) is 6.29. The summed E-state index contributed by atoms with van der Waals surface area (Å²) >= 11 is 0. The van der Waals surface area contributed by atoms with Gasteiger partial charge < -0.3 is 4.90 Å². The fraction of sp³-hybridized carbons (Fsp3) is 0.391. The second kappa shape index (κ2) is 6.93. The SMILES string of the molecule is O=C(c1cc2ccccc2c2cccnc12)N1CCN(C2CCCC2)CC1. The number of fused-ring (bicyclic) bond motifs is 3. The fourth-order valence-corrected chi connectivity index (χ4v) is 4.82. The lowest BCUT2D eigenvalue weighted by atomic mass is 10.00. The van der Waals surface area contributed by atoms with Crippen molar-refractivity contribution in [2.75, 3.05) is 26.2 Å². The van der Waals surface area contributed by atoms with Gasteiger partial charge in [0.2, 0.25) is 0 Å². The maximum Gasteiger partial charge on any atom is 0.256 e. The van der Waals surface area contributed by atoms with Gasteiger partial charge in [0, 0.05) is 43.8 Å². The van der Waals surface area contributed by atoms with Crippen LogP contribution in [0.4, 0.5) is 0 Å². The molecule has 1 saturated carbocycles. The maximum atomic E-state index is 13.4. The summed E-state index contributed by atoms with van der Waals surface area (Å²) in [6.07, 6.45) is 7.16. The van der Waals surface area contributed by atoms with Crippen molar-refractivity contribution in [3.8, 4) is 0 Å². The van der Waals surface area contributed by atoms with Crippen LogP contribution in [0.15, 0.2) is 48.7 Å². The van der Waals surface area contributed by atoms with E-state index in [0.717, 1.165) is 59.5 Å². The summed E-state index contributed by atoms with van der Waals surface area (Å²) in [4.78, 5) is 22.5. The number of carbonyl (C=O) groups excluding carboxylic acids is 1. The lowest BCUT2D eigenvalue weighted by Crippen LogP contribution is -2.51. The van der Waals surface area contributed by atoms with E-state index in [-0.39, 0.29) is 5.91 Å². The smallest absolute Gasteiger partial charge is 0.256 e. The average Bonchev–Trinajstić information content (AvgIpc) is 3.28. The van der Waals surface area contributed by atoms with Crippen LogP contribution in [0.1, 0.15) is 36.0 Å². The first-order valence-electron chi connectivity index (χ1n) is 10.1. The molecular weight excluding hydrogens is 334 g/mol. The van der Waals surface area contributed by atoms with E-state index in [1.165, 1.54) is 25.7 Å². The minimum Gasteiger partial charge on any atom is -0.336 e. The molecule has 0 bridgehead atoms. The van der Waals surface area contributed by atoms with Gasteiger partial charge in [0.05, 0.1) is 11.1 Å². The van der Waals surface area contributed by atoms with Gasteiger partial charge in [-0.1, -0.05) is 43.2 Å². The molecule has 2 heterocycles. The van der Waals surface area contributed by atoms with Crippen molar-refractivity contribution in [3.63, 3.8) is 0 Å². The Morgan fingerprint density at radius 2 is 1.67 bits per heavy atom. The van der Waals surface area contributed by atoms with Crippen LogP contribution in [-0.4, -0.2) is 52.9 Å². The highest BCUT2D eigenvalue weighted by Crippen LogP contribution is 2.29. The zero-order valence-electron chi connectivity index (χ0n) is 15.6. The first-order valence-corrected chi connectivity index (χ1v) is 10.1. The van der Waals surface area contributed by atoms with E-state index in [1.54, 1.807) is 6.20 Å². The summed E-state index contributed by atoms with van der Waals surface area (Å²) in [5.41, 5.74) is 1.55. The monoisotopic (exact) mass is 359 g/mol. The normalized spacial score (nSPS) is 19.2. The number of amides is 1. The summed E-state index contributed by atoms with van der Waals surface area (Å²) < 4.78 is 0. The van der Waals surface area contributed by atoms with Crippen molar-refractivity contribution in [1.82, 2.24) is 14.8 Å². The molecule has 0 radical (unpaired) electrons. The molecule has 2 aliphatic rings. The lowest BCUT2D eigenvalue weighted by Gasteiger charge is -2.38. The van der Waals surface area contributed by atoms with Crippen LogP contribution in [0.25, 0.3) is 21.7 Å². The van der Waals surface area contributed by atoms with E-state index in [1.807, 2.05) is 29.2 Å². The number of piperazine rings is 1. The number of benzene rings is 2. The standard InChI is InChI=1S/C23H25N3O/c27-23(26-14-12-25(13-15-26)18-7-2-3-8-18)21-16-17-6-1-4-9-19(17)20-10-5-11-24-22(20)21/h1,4-6,9-11,16,18H,2-3,7-8,12-15H2. The van der Waals surface area contributed by atoms with Crippen LogP contribution in [0.3, 0.4) is 0 Å². The second-order valence-electron chi connectivity index (χ2n) is 7.81. The molecule has 0 spiro atoms. The predicted molar refractivity (Wildman–Crippen MR) is 109 cm³/mol. The summed E-state index contributed by atoms with van der Waals surface area (Å²) in [5.74, 6) is 0.121. The van der Waals surface area contributed by atoms with Gasteiger partial charge in [-0.15, -0.1) is 0 Å². The molecule has 0 N–H and O–H groups in total. The van der Waals surface area contributed by atoms with Gasteiger partial charge in [-0.25, -0.2) is 0 Å². The number of hydrogen-bond acceptors (Lipinski definition) is 3. The van der Waals surface area contributed by atoms with Crippen LogP contribution in [-0.2, 0) is 0 Å². The zero-order chi connectivity index (χ0) is 18.2. The highest BCUT2D eigenvalue weighted by Gasteiger charge is 2.29. The van der Waals surface area contributed by atoms with Crippen molar-refractivity contribution >= 4 is 27.6 Å². The zero-order valence-corrected chi connectivity index (χ0v) is 15.6. The minimum atomic E-state index is 0.121. The molecule has 5 rings (SSSR count). The lowest BCUT2D eigenvalue weighted by molar-refractivity contribution is 0.0575. The summed E-state index contributed by atoms with van der Waals surface area (Å²) in [7, 11) is 0. The third-order valence-corrected chi connectivity index (χ3v) is 6.29. The molecule has 27 heavy (non-hydrogen) atoms. The van der Waals surface area contributed by atoms with Gasteiger partial charge in [0.25, 0.3) is 5.91 Å². The number of aromatic nitrogens is 1. The summed E-state index contributed by atoms with van der Waals surface area (Å²) in [6, 6.07) is 15.0. The van der Waals surface area contributed by atoms with E-state index in [0.29, 0.717) is 0 Å². The van der Waals surface area contributed by atoms with Crippen molar-refractivity contribution in [3.05, 3.63) is 54.2 Å². The largest absolute Gasteiger partial charge is 0.336 e. The Morgan fingerprint density at radius 3 is 2.48 bits per heavy atom. The molecule has 138 valence electrons. The van der Waals surface area contributed by atoms with E-state index in [2.05, 4.69) is 28.1 Å². The molecule has 0 atom stereocenters. The number of carbonyl (C=O) groups is 1. The molecule has 2 fully saturated rings. The Balaban J connectivity index is 1.45. The van der Waals surface area contributed by atoms with Crippen molar-refractivity contribution in [1.29, 1.82) is 0 Å². The van der Waals surface area contributed by atoms with Gasteiger partial charge in [-0.2, -0.15) is 0 Å². The molecule has 1 aliphatic heterocycles. The van der Waals surface area contributed by atoms with Crippen LogP contribution >= 0.6 is 0 Å². The van der Waals surface area contributed by atoms with Crippen molar-refractivity contribution in [2.45, 2.75) is 31.7 Å². The Kier molecular flexibility index (Phi) is 4.29. The van der Waals surface area contributed by atoms with Gasteiger partial charge in [0.1, 0.15) is 0 Å².